The summed E-state index contributed by atoms with van der Waals surface area (Å²) in [7, 11) is 0. The first-order chi connectivity index (χ1) is 7.67. The van der Waals surface area contributed by atoms with Gasteiger partial charge in [-0.05, 0) is 32.0 Å². The molecule has 1 aromatic heterocycles. The van der Waals surface area contributed by atoms with E-state index < -0.39 is 0 Å². The molecule has 4 nitrogen and oxygen atoms in total. The smallest absolute Gasteiger partial charge is 0.272 e. The predicted octanol–water partition coefficient (Wildman–Crippen LogP) is 1.54. The van der Waals surface area contributed by atoms with Crippen molar-refractivity contribution in [2.45, 2.75) is 20.4 Å². The van der Waals surface area contributed by atoms with Crippen LogP contribution in [0.1, 0.15) is 23.0 Å². The fraction of sp³-hybridized carbons (Fsp3) is 0.250. The Hall–Kier alpha value is -1.97. The Labute approximate surface area is 92.5 Å². The summed E-state index contributed by atoms with van der Waals surface area (Å²) < 4.78 is 1.66. The molecule has 0 aliphatic rings. The SMILES string of the molecule is CCn1c(=O)c(C)nc2cc(C=O)ccc21. The molecule has 0 N–H and O–H groups in total. The molecule has 2 rings (SSSR count). The number of benzene rings is 1. The van der Waals surface area contributed by atoms with Crippen molar-refractivity contribution in [3.05, 3.63) is 39.8 Å². The Balaban J connectivity index is 2.90. The van der Waals surface area contributed by atoms with Gasteiger partial charge in [0.25, 0.3) is 5.56 Å². The molecule has 2 aromatic rings. The van der Waals surface area contributed by atoms with Crippen molar-refractivity contribution < 1.29 is 4.79 Å². The van der Waals surface area contributed by atoms with Crippen molar-refractivity contribution in [1.82, 2.24) is 9.55 Å². The van der Waals surface area contributed by atoms with Gasteiger partial charge in [-0.3, -0.25) is 9.59 Å². The van der Waals surface area contributed by atoms with Gasteiger partial charge in [-0.25, -0.2) is 4.98 Å². The van der Waals surface area contributed by atoms with Gasteiger partial charge in [0.05, 0.1) is 11.0 Å². The summed E-state index contributed by atoms with van der Waals surface area (Å²) in [6, 6.07) is 5.15. The molecule has 1 aromatic carbocycles. The minimum absolute atomic E-state index is 0.0751. The van der Waals surface area contributed by atoms with Crippen LogP contribution in [0.15, 0.2) is 23.0 Å². The average Bonchev–Trinajstić information content (AvgIpc) is 2.30. The molecule has 0 fully saturated rings. The van der Waals surface area contributed by atoms with Crippen molar-refractivity contribution in [3.8, 4) is 0 Å². The van der Waals surface area contributed by atoms with E-state index >= 15 is 0 Å². The number of aryl methyl sites for hydroxylation is 2. The maximum absolute atomic E-state index is 11.8. The van der Waals surface area contributed by atoms with Crippen molar-refractivity contribution in [3.63, 3.8) is 0 Å². The number of carbonyl (C=O) groups is 1. The molecule has 0 unspecified atom stereocenters. The number of carbonyl (C=O) groups excluding carboxylic acids is 1. The molecule has 0 bridgehead atoms. The van der Waals surface area contributed by atoms with E-state index in [2.05, 4.69) is 4.98 Å². The summed E-state index contributed by atoms with van der Waals surface area (Å²) >= 11 is 0. The van der Waals surface area contributed by atoms with Crippen molar-refractivity contribution in [2.24, 2.45) is 0 Å². The largest absolute Gasteiger partial charge is 0.305 e. The third-order valence-corrected chi connectivity index (χ3v) is 2.59. The monoisotopic (exact) mass is 216 g/mol. The van der Waals surface area contributed by atoms with E-state index in [1.807, 2.05) is 6.92 Å². The number of rotatable bonds is 2. The zero-order valence-electron chi connectivity index (χ0n) is 9.23. The molecule has 0 radical (unpaired) electrons. The van der Waals surface area contributed by atoms with Crippen LogP contribution < -0.4 is 5.56 Å². The number of nitrogens with zero attached hydrogens (tertiary/aromatic N) is 2. The van der Waals surface area contributed by atoms with Gasteiger partial charge in [0.15, 0.2) is 0 Å². The summed E-state index contributed by atoms with van der Waals surface area (Å²) in [6.07, 6.45) is 0.776. The molecular weight excluding hydrogens is 204 g/mol. The highest BCUT2D eigenvalue weighted by Gasteiger charge is 2.06. The number of aromatic nitrogens is 2. The molecule has 16 heavy (non-hydrogen) atoms. The Morgan fingerprint density at radius 2 is 2.19 bits per heavy atom. The van der Waals surface area contributed by atoms with Crippen molar-refractivity contribution in [1.29, 1.82) is 0 Å². The van der Waals surface area contributed by atoms with Crippen molar-refractivity contribution >= 4 is 17.3 Å². The lowest BCUT2D eigenvalue weighted by Crippen LogP contribution is -2.23. The van der Waals surface area contributed by atoms with E-state index in [-0.39, 0.29) is 5.56 Å². The fourth-order valence-corrected chi connectivity index (χ4v) is 1.78. The molecule has 0 atom stereocenters. The van der Waals surface area contributed by atoms with Gasteiger partial charge in [0.1, 0.15) is 12.0 Å². The Morgan fingerprint density at radius 3 is 2.81 bits per heavy atom. The summed E-state index contributed by atoms with van der Waals surface area (Å²) in [5.74, 6) is 0. The highest BCUT2D eigenvalue weighted by atomic mass is 16.1. The second kappa shape index (κ2) is 3.89. The normalized spacial score (nSPS) is 10.6. The Morgan fingerprint density at radius 1 is 1.44 bits per heavy atom. The van der Waals surface area contributed by atoms with Crippen LogP contribution in [-0.4, -0.2) is 15.8 Å². The molecule has 0 saturated carbocycles. The van der Waals surface area contributed by atoms with E-state index in [1.54, 1.807) is 29.7 Å². The van der Waals surface area contributed by atoms with Crippen LogP contribution in [0.5, 0.6) is 0 Å². The summed E-state index contributed by atoms with van der Waals surface area (Å²) in [5.41, 5.74) is 2.40. The van der Waals surface area contributed by atoms with Crippen LogP contribution in [-0.2, 0) is 6.54 Å². The third-order valence-electron chi connectivity index (χ3n) is 2.59. The van der Waals surface area contributed by atoms with E-state index in [1.165, 1.54) is 0 Å². The average molecular weight is 216 g/mol. The van der Waals surface area contributed by atoms with Crippen LogP contribution in [0.2, 0.25) is 0 Å². The first kappa shape index (κ1) is 10.5. The van der Waals surface area contributed by atoms with Gasteiger partial charge in [-0.1, -0.05) is 0 Å². The van der Waals surface area contributed by atoms with Gasteiger partial charge in [0, 0.05) is 12.1 Å². The van der Waals surface area contributed by atoms with Gasteiger partial charge in [0.2, 0.25) is 0 Å². The summed E-state index contributed by atoms with van der Waals surface area (Å²) in [5, 5.41) is 0. The van der Waals surface area contributed by atoms with Crippen LogP contribution in [0, 0.1) is 6.92 Å². The summed E-state index contributed by atoms with van der Waals surface area (Å²) in [6.45, 7) is 4.19. The first-order valence-corrected chi connectivity index (χ1v) is 5.13. The molecule has 0 amide bonds. The molecular formula is C12H12N2O2. The quantitative estimate of drug-likeness (QED) is 0.715. The zero-order chi connectivity index (χ0) is 11.7. The first-order valence-electron chi connectivity index (χ1n) is 5.13. The number of fused-ring (bicyclic) bond motifs is 1. The topological polar surface area (TPSA) is 52.0 Å². The van der Waals surface area contributed by atoms with Gasteiger partial charge in [-0.15, -0.1) is 0 Å². The maximum Gasteiger partial charge on any atom is 0.272 e. The van der Waals surface area contributed by atoms with Crippen LogP contribution in [0.25, 0.3) is 11.0 Å². The highest BCUT2D eigenvalue weighted by molar-refractivity contribution is 5.84. The lowest BCUT2D eigenvalue weighted by molar-refractivity contribution is 0.112. The number of hydrogen-bond donors (Lipinski definition) is 0. The Kier molecular flexibility index (Phi) is 2.56. The number of aldehydes is 1. The molecule has 1 heterocycles. The third kappa shape index (κ3) is 1.52. The Bertz CT molecular complexity index is 614. The molecule has 0 aliphatic carbocycles. The van der Waals surface area contributed by atoms with E-state index in [0.717, 1.165) is 11.8 Å². The van der Waals surface area contributed by atoms with Crippen LogP contribution in [0.3, 0.4) is 0 Å². The molecule has 82 valence electrons. The molecule has 4 heteroatoms. The van der Waals surface area contributed by atoms with Gasteiger partial charge >= 0.3 is 0 Å². The number of hydrogen-bond acceptors (Lipinski definition) is 3. The van der Waals surface area contributed by atoms with E-state index in [9.17, 15) is 9.59 Å². The van der Waals surface area contributed by atoms with E-state index in [4.69, 9.17) is 0 Å². The second-order valence-corrected chi connectivity index (χ2v) is 3.61. The van der Waals surface area contributed by atoms with E-state index in [0.29, 0.717) is 23.3 Å². The standard InChI is InChI=1S/C12H12N2O2/c1-3-14-11-5-4-9(7-15)6-10(11)13-8(2)12(14)16/h4-7H,3H2,1-2H3. The minimum atomic E-state index is -0.0751. The minimum Gasteiger partial charge on any atom is -0.305 e. The molecule has 0 spiro atoms. The molecule has 0 aliphatic heterocycles. The lowest BCUT2D eigenvalue weighted by Gasteiger charge is -2.08. The van der Waals surface area contributed by atoms with Gasteiger partial charge in [-0.2, -0.15) is 0 Å². The lowest BCUT2D eigenvalue weighted by atomic mass is 10.2. The fourth-order valence-electron chi connectivity index (χ4n) is 1.78. The van der Waals surface area contributed by atoms with Gasteiger partial charge < -0.3 is 4.57 Å². The summed E-state index contributed by atoms with van der Waals surface area (Å²) in [4.78, 5) is 26.7. The van der Waals surface area contributed by atoms with Crippen LogP contribution in [0.4, 0.5) is 0 Å². The molecule has 0 saturated heterocycles. The highest BCUT2D eigenvalue weighted by Crippen LogP contribution is 2.12. The van der Waals surface area contributed by atoms with Crippen molar-refractivity contribution in [2.75, 3.05) is 0 Å². The van der Waals surface area contributed by atoms with Crippen LogP contribution >= 0.6 is 0 Å². The zero-order valence-corrected chi connectivity index (χ0v) is 9.23. The second-order valence-electron chi connectivity index (χ2n) is 3.61. The maximum atomic E-state index is 11.8. The predicted molar refractivity (Wildman–Crippen MR) is 61.8 cm³/mol.